The Hall–Kier alpha value is -4.82. The second kappa shape index (κ2) is 10.7. The number of amides is 1. The maximum absolute atomic E-state index is 13.9. The molecule has 11 nitrogen and oxygen atoms in total. The topological polar surface area (TPSA) is 141 Å². The molecule has 3 aliphatic rings. The second-order valence-electron chi connectivity index (χ2n) is 12.8. The Kier molecular flexibility index (Phi) is 6.57. The number of piperidine rings is 1. The minimum absolute atomic E-state index is 0.0111. The van der Waals surface area contributed by atoms with Gasteiger partial charge in [-0.3, -0.25) is 4.79 Å². The Morgan fingerprint density at radius 1 is 1.11 bits per heavy atom. The molecule has 4 aromatic heterocycles. The number of fused-ring (bicyclic) bond motifs is 4. The largest absolute Gasteiger partial charge is 0.494 e. The van der Waals surface area contributed by atoms with E-state index in [1.54, 1.807) is 19.5 Å². The van der Waals surface area contributed by atoms with E-state index in [0.29, 0.717) is 29.7 Å². The van der Waals surface area contributed by atoms with Crippen LogP contribution in [-0.2, 0) is 13.6 Å². The number of methoxy groups -OCH3 is 1. The van der Waals surface area contributed by atoms with Gasteiger partial charge < -0.3 is 24.5 Å². The summed E-state index contributed by atoms with van der Waals surface area (Å²) in [5, 5.41) is 10.4. The molecule has 8 rings (SSSR count). The number of hydrogen-bond acceptors (Lipinski definition) is 8. The van der Waals surface area contributed by atoms with Gasteiger partial charge in [0.2, 0.25) is 5.82 Å². The first kappa shape index (κ1) is 27.7. The summed E-state index contributed by atoms with van der Waals surface area (Å²) < 4.78 is 10.3. The first-order valence-electron chi connectivity index (χ1n) is 15.7. The van der Waals surface area contributed by atoms with Crippen LogP contribution in [0.3, 0.4) is 0 Å². The summed E-state index contributed by atoms with van der Waals surface area (Å²) in [6.45, 7) is 1.43. The van der Waals surface area contributed by atoms with Crippen molar-refractivity contribution in [3.8, 4) is 23.3 Å². The van der Waals surface area contributed by atoms with Gasteiger partial charge in [0, 0.05) is 67.2 Å². The quantitative estimate of drug-likeness (QED) is 0.302. The van der Waals surface area contributed by atoms with E-state index < -0.39 is 0 Å². The molecule has 11 heteroatoms. The van der Waals surface area contributed by atoms with Crippen molar-refractivity contribution in [2.75, 3.05) is 13.7 Å². The zero-order valence-corrected chi connectivity index (χ0v) is 25.4. The molecule has 1 aromatic carbocycles. The number of pyridine rings is 1. The van der Waals surface area contributed by atoms with Gasteiger partial charge in [0.1, 0.15) is 23.0 Å². The highest BCUT2D eigenvalue weighted by Gasteiger charge is 2.47. The van der Waals surface area contributed by atoms with Crippen LogP contribution >= 0.6 is 0 Å². The normalized spacial score (nSPS) is 24.1. The number of aromatic nitrogens is 6. The summed E-state index contributed by atoms with van der Waals surface area (Å²) in [6.07, 6.45) is 8.47. The molecule has 2 bridgehead atoms. The van der Waals surface area contributed by atoms with Gasteiger partial charge in [-0.2, -0.15) is 5.26 Å². The number of carbonyl (C=O) groups excluding carboxylic acids is 1. The van der Waals surface area contributed by atoms with Crippen LogP contribution in [0, 0.1) is 23.2 Å². The van der Waals surface area contributed by atoms with E-state index in [4.69, 9.17) is 15.5 Å². The van der Waals surface area contributed by atoms with Crippen molar-refractivity contribution < 1.29 is 9.53 Å². The Balaban J connectivity index is 1.21. The summed E-state index contributed by atoms with van der Waals surface area (Å²) in [5.41, 5.74) is 11.4. The van der Waals surface area contributed by atoms with Crippen LogP contribution in [0.4, 0.5) is 0 Å². The van der Waals surface area contributed by atoms with Crippen LogP contribution in [0.15, 0.2) is 48.8 Å². The van der Waals surface area contributed by atoms with Gasteiger partial charge in [0.25, 0.3) is 5.91 Å². The number of rotatable bonds is 6. The fourth-order valence-electron chi connectivity index (χ4n) is 8.13. The molecular weight excluding hydrogens is 566 g/mol. The maximum Gasteiger partial charge on any atom is 0.254 e. The fraction of sp³-hybridized carbons (Fsp3) is 0.412. The Bertz CT molecular complexity index is 2010. The Morgan fingerprint density at radius 2 is 2.00 bits per heavy atom. The summed E-state index contributed by atoms with van der Waals surface area (Å²) in [6, 6.07) is 14.0. The molecule has 1 saturated heterocycles. The molecule has 3 fully saturated rings. The molecule has 2 saturated carbocycles. The average Bonchev–Trinajstić information content (AvgIpc) is 3.90. The third kappa shape index (κ3) is 4.46. The van der Waals surface area contributed by atoms with Crippen molar-refractivity contribution in [3.05, 3.63) is 65.9 Å². The smallest absolute Gasteiger partial charge is 0.254 e. The summed E-state index contributed by atoms with van der Waals surface area (Å²) >= 11 is 0. The van der Waals surface area contributed by atoms with Crippen LogP contribution < -0.4 is 10.5 Å². The van der Waals surface area contributed by atoms with Gasteiger partial charge in [-0.1, -0.05) is 0 Å². The van der Waals surface area contributed by atoms with Gasteiger partial charge in [-0.05, 0) is 80.3 Å². The lowest BCUT2D eigenvalue weighted by atomic mass is 10.0. The zero-order chi connectivity index (χ0) is 30.8. The van der Waals surface area contributed by atoms with Crippen LogP contribution in [0.5, 0.6) is 5.75 Å². The van der Waals surface area contributed by atoms with Gasteiger partial charge in [-0.15, -0.1) is 0 Å². The van der Waals surface area contributed by atoms with Crippen LogP contribution in [0.1, 0.15) is 59.9 Å². The highest BCUT2D eigenvalue weighted by Crippen LogP contribution is 2.42. The zero-order valence-electron chi connectivity index (χ0n) is 25.4. The highest BCUT2D eigenvalue weighted by molar-refractivity contribution is 6.00. The van der Waals surface area contributed by atoms with Crippen molar-refractivity contribution in [1.29, 1.82) is 5.26 Å². The highest BCUT2D eigenvalue weighted by atomic mass is 16.5. The lowest BCUT2D eigenvalue weighted by Gasteiger charge is -2.27. The van der Waals surface area contributed by atoms with Gasteiger partial charge in [0.15, 0.2) is 5.82 Å². The van der Waals surface area contributed by atoms with E-state index in [2.05, 4.69) is 42.3 Å². The molecule has 228 valence electrons. The number of benzene rings is 1. The van der Waals surface area contributed by atoms with Gasteiger partial charge in [0.05, 0.1) is 18.3 Å². The third-order valence-corrected chi connectivity index (χ3v) is 10.4. The monoisotopic (exact) mass is 601 g/mol. The predicted octanol–water partition coefficient (Wildman–Crippen LogP) is 4.41. The Morgan fingerprint density at radius 3 is 2.76 bits per heavy atom. The van der Waals surface area contributed by atoms with E-state index in [0.717, 1.165) is 77.9 Å². The van der Waals surface area contributed by atoms with E-state index in [1.807, 2.05) is 36.2 Å². The number of likely N-dealkylation sites (tertiary alicyclic amines) is 1. The number of nitrogens with zero attached hydrogens (tertiary/aromatic N) is 8. The number of carbonyl (C=O) groups is 1. The maximum atomic E-state index is 13.9. The molecule has 0 radical (unpaired) electrons. The van der Waals surface area contributed by atoms with Crippen molar-refractivity contribution in [2.24, 2.45) is 24.6 Å². The number of nitriles is 1. The van der Waals surface area contributed by atoms with E-state index in [9.17, 15) is 10.1 Å². The molecule has 5 atom stereocenters. The molecule has 0 spiro atoms. The number of aryl methyl sites for hydroxylation is 1. The van der Waals surface area contributed by atoms with Gasteiger partial charge in [-0.25, -0.2) is 19.9 Å². The molecule has 1 amide bonds. The van der Waals surface area contributed by atoms with Crippen molar-refractivity contribution in [1.82, 2.24) is 34.0 Å². The molecule has 5 heterocycles. The van der Waals surface area contributed by atoms with E-state index in [1.165, 1.54) is 0 Å². The van der Waals surface area contributed by atoms with Crippen LogP contribution in [-0.4, -0.2) is 65.6 Å². The lowest BCUT2D eigenvalue weighted by molar-refractivity contribution is 0.0700. The standard InChI is InChI=1S/C34H35N9O2/c1-41-27(14-21-4-3-10-38-32(21)41)33-40-25-13-23(34(44)42-18-22-7-8-26(42)30(22)36)15-28(45-2)31(25)43(33)17-19-5-6-20(12-19)24-9-11-37-29(16-35)39-24/h3-4,9-11,13-15,19-20,22,26,30H,5-8,12,17-18,36H2,1-2H3/t19-,20?,22?,26?,30+/m0/s1. The number of imidazole rings is 1. The SMILES string of the molecule is COc1cc(C(=O)N2CC3CCC2[C@@H]3N)cc2nc(-c3cc4cccnc4n3C)n(C[C@H]3CCC(c4ccnc(C#N)n4)C3)c12. The second-order valence-corrected chi connectivity index (χ2v) is 12.8. The van der Waals surface area contributed by atoms with Crippen molar-refractivity contribution in [2.45, 2.75) is 56.7 Å². The van der Waals surface area contributed by atoms with E-state index >= 15 is 0 Å². The summed E-state index contributed by atoms with van der Waals surface area (Å²) in [4.78, 5) is 34.2. The van der Waals surface area contributed by atoms with Crippen molar-refractivity contribution >= 4 is 28.0 Å². The molecular formula is C34H35N9O2. The van der Waals surface area contributed by atoms with Crippen LogP contribution in [0.2, 0.25) is 0 Å². The summed E-state index contributed by atoms with van der Waals surface area (Å²) in [5.74, 6) is 2.63. The summed E-state index contributed by atoms with van der Waals surface area (Å²) in [7, 11) is 3.67. The first-order chi connectivity index (χ1) is 21.9. The molecule has 2 N–H and O–H groups in total. The third-order valence-electron chi connectivity index (χ3n) is 10.4. The molecule has 1 aliphatic heterocycles. The minimum atomic E-state index is -0.0111. The fourth-order valence-corrected chi connectivity index (χ4v) is 8.13. The Labute approximate surface area is 260 Å². The first-order valence-corrected chi connectivity index (χ1v) is 15.7. The van der Waals surface area contributed by atoms with Crippen molar-refractivity contribution in [3.63, 3.8) is 0 Å². The number of nitrogens with two attached hydrogens (primary N) is 1. The molecule has 3 unspecified atom stereocenters. The number of hydrogen-bond donors (Lipinski definition) is 1. The van der Waals surface area contributed by atoms with Gasteiger partial charge >= 0.3 is 0 Å². The lowest BCUT2D eigenvalue weighted by Crippen LogP contribution is -2.41. The number of ether oxygens (including phenoxy) is 1. The van der Waals surface area contributed by atoms with E-state index in [-0.39, 0.29) is 29.7 Å². The molecule has 45 heavy (non-hydrogen) atoms. The minimum Gasteiger partial charge on any atom is -0.494 e. The van der Waals surface area contributed by atoms with Crippen LogP contribution in [0.25, 0.3) is 33.6 Å². The molecule has 5 aromatic rings. The predicted molar refractivity (Wildman–Crippen MR) is 168 cm³/mol. The molecule has 2 aliphatic carbocycles. The average molecular weight is 602 g/mol.